The predicted octanol–water partition coefficient (Wildman–Crippen LogP) is 3.41. The summed E-state index contributed by atoms with van der Waals surface area (Å²) in [5.74, 6) is 0. The van der Waals surface area contributed by atoms with Crippen LogP contribution in [0.25, 0.3) is 11.3 Å². The quantitative estimate of drug-likeness (QED) is 0.915. The Morgan fingerprint density at radius 1 is 1.22 bits per heavy atom. The summed E-state index contributed by atoms with van der Waals surface area (Å²) in [7, 11) is 0. The lowest BCUT2D eigenvalue weighted by atomic mass is 10.1. The van der Waals surface area contributed by atoms with Gasteiger partial charge in [0.1, 0.15) is 0 Å². The Labute approximate surface area is 114 Å². The summed E-state index contributed by atoms with van der Waals surface area (Å²) in [5, 5.41) is 9.57. The molecule has 0 aliphatic rings. The highest BCUT2D eigenvalue weighted by Gasteiger charge is 2.07. The van der Waals surface area contributed by atoms with Crippen molar-refractivity contribution in [1.82, 2.24) is 4.98 Å². The zero-order valence-electron chi connectivity index (χ0n) is 9.21. The smallest absolute Gasteiger partial charge is 0.252 e. The third kappa shape index (κ3) is 2.56. The first-order valence-corrected chi connectivity index (χ1v) is 5.92. The number of pyridine rings is 1. The summed E-state index contributed by atoms with van der Waals surface area (Å²) in [5.41, 5.74) is 1.46. The first kappa shape index (κ1) is 12.7. The zero-order chi connectivity index (χ0) is 13.1. The lowest BCUT2D eigenvalue weighted by molar-refractivity contribution is 1.13. The van der Waals surface area contributed by atoms with Crippen molar-refractivity contribution in [3.63, 3.8) is 0 Å². The predicted molar refractivity (Wildman–Crippen MR) is 71.8 cm³/mol. The van der Waals surface area contributed by atoms with Gasteiger partial charge in [-0.3, -0.25) is 4.79 Å². The minimum Gasteiger partial charge on any atom is -0.322 e. The Hall–Kier alpha value is -1.76. The maximum atomic E-state index is 11.7. The van der Waals surface area contributed by atoms with Crippen molar-refractivity contribution in [1.29, 1.82) is 5.26 Å². The van der Waals surface area contributed by atoms with Crippen molar-refractivity contribution < 1.29 is 0 Å². The van der Waals surface area contributed by atoms with E-state index >= 15 is 0 Å². The van der Waals surface area contributed by atoms with E-state index < -0.39 is 0 Å². The maximum absolute atomic E-state index is 11.7. The fraction of sp³-hybridized carbons (Fsp3) is 0.0769. The van der Waals surface area contributed by atoms with Gasteiger partial charge in [0.25, 0.3) is 5.56 Å². The second-order valence-corrected chi connectivity index (χ2v) is 4.53. The third-order valence-electron chi connectivity index (χ3n) is 2.48. The van der Waals surface area contributed by atoms with Crippen molar-refractivity contribution in [2.75, 3.05) is 0 Å². The first-order chi connectivity index (χ1) is 8.61. The molecule has 2 aromatic rings. The van der Waals surface area contributed by atoms with Crippen LogP contribution in [0.4, 0.5) is 0 Å². The fourth-order valence-corrected chi connectivity index (χ4v) is 2.10. The van der Waals surface area contributed by atoms with Gasteiger partial charge in [-0.1, -0.05) is 29.3 Å². The molecule has 1 N–H and O–H groups in total. The molecule has 0 fully saturated rings. The molecule has 1 aromatic carbocycles. The van der Waals surface area contributed by atoms with E-state index in [1.54, 1.807) is 30.3 Å². The van der Waals surface area contributed by atoms with E-state index in [0.29, 0.717) is 26.9 Å². The van der Waals surface area contributed by atoms with Crippen LogP contribution >= 0.6 is 23.2 Å². The van der Waals surface area contributed by atoms with E-state index in [0.717, 1.165) is 0 Å². The molecule has 1 aromatic heterocycles. The van der Waals surface area contributed by atoms with Crippen LogP contribution in [0.1, 0.15) is 5.56 Å². The molecule has 0 atom stereocenters. The summed E-state index contributed by atoms with van der Waals surface area (Å²) >= 11 is 11.9. The van der Waals surface area contributed by atoms with Crippen LogP contribution in [0, 0.1) is 11.3 Å². The van der Waals surface area contributed by atoms with Crippen LogP contribution in [0.3, 0.4) is 0 Å². The molecule has 0 aliphatic carbocycles. The van der Waals surface area contributed by atoms with Gasteiger partial charge in [-0.15, -0.1) is 0 Å². The second kappa shape index (κ2) is 5.26. The number of nitrogens with one attached hydrogen (secondary N) is 1. The molecule has 0 bridgehead atoms. The van der Waals surface area contributed by atoms with Crippen molar-refractivity contribution in [2.45, 2.75) is 6.42 Å². The van der Waals surface area contributed by atoms with Gasteiger partial charge < -0.3 is 4.98 Å². The van der Waals surface area contributed by atoms with Crippen molar-refractivity contribution in [3.05, 3.63) is 56.3 Å². The van der Waals surface area contributed by atoms with Crippen LogP contribution in [0.15, 0.2) is 35.1 Å². The zero-order valence-corrected chi connectivity index (χ0v) is 10.7. The normalized spacial score (nSPS) is 10.1. The van der Waals surface area contributed by atoms with Gasteiger partial charge in [0.15, 0.2) is 0 Å². The van der Waals surface area contributed by atoms with Gasteiger partial charge in [-0.25, -0.2) is 0 Å². The van der Waals surface area contributed by atoms with Crippen LogP contribution < -0.4 is 5.56 Å². The van der Waals surface area contributed by atoms with Crippen molar-refractivity contribution in [3.8, 4) is 17.3 Å². The highest BCUT2D eigenvalue weighted by atomic mass is 35.5. The molecule has 1 heterocycles. The Bertz CT molecular complexity index is 686. The van der Waals surface area contributed by atoms with Crippen LogP contribution in [-0.4, -0.2) is 4.98 Å². The van der Waals surface area contributed by atoms with E-state index in [2.05, 4.69) is 4.98 Å². The van der Waals surface area contributed by atoms with E-state index in [9.17, 15) is 4.79 Å². The van der Waals surface area contributed by atoms with Gasteiger partial charge in [0.05, 0.1) is 17.5 Å². The molecular weight excluding hydrogens is 271 g/mol. The molecule has 90 valence electrons. The monoisotopic (exact) mass is 278 g/mol. The molecular formula is C13H8Cl2N2O. The Morgan fingerprint density at radius 2 is 2.00 bits per heavy atom. The van der Waals surface area contributed by atoms with Crippen molar-refractivity contribution >= 4 is 23.2 Å². The van der Waals surface area contributed by atoms with Crippen LogP contribution in [0.2, 0.25) is 10.0 Å². The summed E-state index contributed by atoms with van der Waals surface area (Å²) in [4.78, 5) is 14.4. The molecule has 5 heteroatoms. The first-order valence-electron chi connectivity index (χ1n) is 5.16. The molecule has 0 radical (unpaired) electrons. The minimum absolute atomic E-state index is 0.0873. The number of rotatable bonds is 2. The highest BCUT2D eigenvalue weighted by Crippen LogP contribution is 2.28. The van der Waals surface area contributed by atoms with E-state index in [4.69, 9.17) is 28.5 Å². The molecule has 0 saturated carbocycles. The SMILES string of the molecule is N#CCc1ccc(-c2ccc(Cl)cc2Cl)[nH]c1=O. The van der Waals surface area contributed by atoms with Crippen LogP contribution in [-0.2, 0) is 6.42 Å². The average Bonchev–Trinajstić information content (AvgIpc) is 2.32. The summed E-state index contributed by atoms with van der Waals surface area (Å²) in [6.07, 6.45) is 0.0873. The molecule has 0 spiro atoms. The summed E-state index contributed by atoms with van der Waals surface area (Å²) in [6, 6.07) is 10.3. The van der Waals surface area contributed by atoms with E-state index in [-0.39, 0.29) is 12.0 Å². The molecule has 3 nitrogen and oxygen atoms in total. The van der Waals surface area contributed by atoms with Gasteiger partial charge in [0.2, 0.25) is 0 Å². The number of hydrogen-bond donors (Lipinski definition) is 1. The summed E-state index contributed by atoms with van der Waals surface area (Å²) < 4.78 is 0. The lowest BCUT2D eigenvalue weighted by Crippen LogP contribution is -2.12. The Balaban J connectivity index is 2.50. The molecule has 0 saturated heterocycles. The van der Waals surface area contributed by atoms with Gasteiger partial charge in [-0.05, 0) is 24.3 Å². The summed E-state index contributed by atoms with van der Waals surface area (Å²) in [6.45, 7) is 0. The number of hydrogen-bond acceptors (Lipinski definition) is 2. The third-order valence-corrected chi connectivity index (χ3v) is 3.03. The number of halogens is 2. The number of aromatic amines is 1. The Kier molecular flexibility index (Phi) is 3.71. The topological polar surface area (TPSA) is 56.6 Å². The van der Waals surface area contributed by atoms with Crippen molar-refractivity contribution in [2.24, 2.45) is 0 Å². The second-order valence-electron chi connectivity index (χ2n) is 3.69. The lowest BCUT2D eigenvalue weighted by Gasteiger charge is -2.05. The van der Waals surface area contributed by atoms with Crippen LogP contribution in [0.5, 0.6) is 0 Å². The van der Waals surface area contributed by atoms with Gasteiger partial charge in [-0.2, -0.15) is 5.26 Å². The number of benzene rings is 1. The molecule has 0 unspecified atom stereocenters. The van der Waals surface area contributed by atoms with E-state index in [1.165, 1.54) is 0 Å². The highest BCUT2D eigenvalue weighted by molar-refractivity contribution is 6.36. The van der Waals surface area contributed by atoms with E-state index in [1.807, 2.05) is 6.07 Å². The Morgan fingerprint density at radius 3 is 2.61 bits per heavy atom. The van der Waals surface area contributed by atoms with Gasteiger partial charge in [0, 0.05) is 21.8 Å². The number of nitrogens with zero attached hydrogens (tertiary/aromatic N) is 1. The maximum Gasteiger partial charge on any atom is 0.252 e. The average molecular weight is 279 g/mol. The number of aromatic nitrogens is 1. The largest absolute Gasteiger partial charge is 0.322 e. The molecule has 2 rings (SSSR count). The number of nitriles is 1. The molecule has 0 amide bonds. The number of H-pyrrole nitrogens is 1. The minimum atomic E-state index is -0.278. The fourth-order valence-electron chi connectivity index (χ4n) is 1.59. The van der Waals surface area contributed by atoms with Gasteiger partial charge >= 0.3 is 0 Å². The standard InChI is InChI=1S/C13H8Cl2N2O/c14-9-2-3-10(11(15)7-9)12-4-1-8(5-6-16)13(18)17-12/h1-4,7H,5H2,(H,17,18). The molecule has 18 heavy (non-hydrogen) atoms. The molecule has 0 aliphatic heterocycles.